The Morgan fingerprint density at radius 1 is 1.14 bits per heavy atom. The van der Waals surface area contributed by atoms with E-state index >= 15 is 0 Å². The first-order valence-electron chi connectivity index (χ1n) is 11.6. The highest BCUT2D eigenvalue weighted by molar-refractivity contribution is 6.46. The Labute approximate surface area is 208 Å². The second-order valence-electron chi connectivity index (χ2n) is 8.85. The van der Waals surface area contributed by atoms with Crippen molar-refractivity contribution in [3.05, 3.63) is 88.8 Å². The minimum atomic E-state index is -0.880. The number of carbonyl (C=O) groups excluding carboxylic acids is 2. The molecule has 3 heterocycles. The highest BCUT2D eigenvalue weighted by Gasteiger charge is 2.47. The lowest BCUT2D eigenvalue weighted by Gasteiger charge is -2.27. The van der Waals surface area contributed by atoms with Crippen LogP contribution in [-0.2, 0) is 22.6 Å². The average Bonchev–Trinajstić information content (AvgIpc) is 3.39. The molecule has 3 aromatic rings. The molecule has 8 nitrogen and oxygen atoms in total. The first-order chi connectivity index (χ1) is 17.4. The number of aromatic nitrogens is 1. The Hall–Kier alpha value is -4.33. The van der Waals surface area contributed by atoms with E-state index in [1.54, 1.807) is 55.9 Å². The van der Waals surface area contributed by atoms with Gasteiger partial charge >= 0.3 is 0 Å². The topological polar surface area (TPSA) is 98.2 Å². The first kappa shape index (κ1) is 23.4. The largest absolute Gasteiger partial charge is 0.507 e. The van der Waals surface area contributed by atoms with Crippen LogP contribution in [0.4, 0.5) is 0 Å². The number of amides is 1. The fourth-order valence-corrected chi connectivity index (χ4v) is 4.82. The number of benzene rings is 2. The van der Waals surface area contributed by atoms with Crippen LogP contribution in [0.5, 0.6) is 17.2 Å². The molecular formula is C28H26N2O6. The predicted molar refractivity (Wildman–Crippen MR) is 132 cm³/mol. The summed E-state index contributed by atoms with van der Waals surface area (Å²) in [7, 11) is 3.05. The third kappa shape index (κ3) is 4.04. The molecule has 0 saturated carbocycles. The molecule has 184 valence electrons. The Bertz CT molecular complexity index is 1370. The van der Waals surface area contributed by atoms with Crippen molar-refractivity contribution in [3.8, 4) is 17.2 Å². The van der Waals surface area contributed by atoms with Gasteiger partial charge in [0.2, 0.25) is 0 Å². The third-order valence-electron chi connectivity index (χ3n) is 6.52. The van der Waals surface area contributed by atoms with Crippen LogP contribution in [-0.4, -0.2) is 47.0 Å². The summed E-state index contributed by atoms with van der Waals surface area (Å²) in [6.45, 7) is 2.10. The molecule has 8 heteroatoms. The Balaban J connectivity index is 1.67. The number of ketones is 1. The number of aliphatic hydroxyl groups excluding tert-OH is 1. The van der Waals surface area contributed by atoms with Crippen LogP contribution in [0.1, 0.15) is 35.2 Å². The van der Waals surface area contributed by atoms with E-state index in [-0.39, 0.29) is 24.0 Å². The number of Topliss-reactive ketones (excluding diaryl/α,β-unsaturated/α-hetero) is 1. The van der Waals surface area contributed by atoms with Crippen molar-refractivity contribution in [1.82, 2.24) is 9.88 Å². The van der Waals surface area contributed by atoms with Gasteiger partial charge in [-0.05, 0) is 54.4 Å². The average molecular weight is 487 g/mol. The van der Waals surface area contributed by atoms with E-state index in [1.165, 1.54) is 12.0 Å². The molecule has 0 spiro atoms. The minimum Gasteiger partial charge on any atom is -0.507 e. The van der Waals surface area contributed by atoms with Crippen LogP contribution < -0.4 is 14.2 Å². The summed E-state index contributed by atoms with van der Waals surface area (Å²) in [6, 6.07) is 13.2. The zero-order valence-corrected chi connectivity index (χ0v) is 20.2. The zero-order valence-electron chi connectivity index (χ0n) is 20.2. The van der Waals surface area contributed by atoms with E-state index in [0.29, 0.717) is 29.0 Å². The van der Waals surface area contributed by atoms with Crippen LogP contribution in [0.25, 0.3) is 5.76 Å². The Kier molecular flexibility index (Phi) is 6.10. The highest BCUT2D eigenvalue weighted by Crippen LogP contribution is 2.44. The quantitative estimate of drug-likeness (QED) is 0.319. The molecule has 2 aliphatic heterocycles. The summed E-state index contributed by atoms with van der Waals surface area (Å²) in [5.74, 6) is 0.0366. The standard InChI is InChI=1S/C28H26N2O6/c1-16-11-19-12-18(6-9-22(19)36-16)26(31)24-25(21-8-7-20(34-2)13-23(21)35-3)30(28(33)27(24)32)15-17-5-4-10-29-14-17/h4-10,12-14,16,25,31H,11,15H2,1-3H3/t16-,25+/m0/s1. The molecule has 1 saturated heterocycles. The molecule has 36 heavy (non-hydrogen) atoms. The number of methoxy groups -OCH3 is 2. The molecule has 1 fully saturated rings. The van der Waals surface area contributed by atoms with E-state index in [0.717, 1.165) is 16.9 Å². The third-order valence-corrected chi connectivity index (χ3v) is 6.52. The number of aliphatic hydroxyl groups is 1. The van der Waals surface area contributed by atoms with Crippen LogP contribution >= 0.6 is 0 Å². The van der Waals surface area contributed by atoms with E-state index in [1.807, 2.05) is 19.1 Å². The van der Waals surface area contributed by atoms with Gasteiger partial charge in [0.25, 0.3) is 11.7 Å². The lowest BCUT2D eigenvalue weighted by molar-refractivity contribution is -0.140. The maximum absolute atomic E-state index is 13.4. The van der Waals surface area contributed by atoms with Crippen molar-refractivity contribution in [2.45, 2.75) is 32.0 Å². The number of carbonyl (C=O) groups is 2. The van der Waals surface area contributed by atoms with Crippen molar-refractivity contribution < 1.29 is 28.9 Å². The number of nitrogens with zero attached hydrogens (tertiary/aromatic N) is 2. The summed E-state index contributed by atoms with van der Waals surface area (Å²) < 4.78 is 16.7. The molecular weight excluding hydrogens is 460 g/mol. The van der Waals surface area contributed by atoms with Gasteiger partial charge in [0.15, 0.2) is 0 Å². The number of ether oxygens (including phenoxy) is 3. The lowest BCUT2D eigenvalue weighted by atomic mass is 9.93. The molecule has 1 aromatic heterocycles. The normalized spacial score (nSPS) is 20.2. The van der Waals surface area contributed by atoms with Gasteiger partial charge in [-0.2, -0.15) is 0 Å². The van der Waals surface area contributed by atoms with E-state index in [4.69, 9.17) is 14.2 Å². The van der Waals surface area contributed by atoms with E-state index in [9.17, 15) is 14.7 Å². The van der Waals surface area contributed by atoms with E-state index < -0.39 is 17.7 Å². The van der Waals surface area contributed by atoms with Crippen LogP contribution in [0.2, 0.25) is 0 Å². The molecule has 1 N–H and O–H groups in total. The number of likely N-dealkylation sites (tertiary alicyclic amines) is 1. The first-order valence-corrected chi connectivity index (χ1v) is 11.6. The van der Waals surface area contributed by atoms with Gasteiger partial charge in [-0.1, -0.05) is 6.07 Å². The second kappa shape index (κ2) is 9.37. The summed E-state index contributed by atoms with van der Waals surface area (Å²) in [6.07, 6.45) is 4.01. The smallest absolute Gasteiger partial charge is 0.295 e. The summed E-state index contributed by atoms with van der Waals surface area (Å²) in [5, 5.41) is 11.4. The molecule has 0 bridgehead atoms. The minimum absolute atomic E-state index is 0.000675. The van der Waals surface area contributed by atoms with E-state index in [2.05, 4.69) is 4.98 Å². The van der Waals surface area contributed by atoms with Crippen molar-refractivity contribution in [1.29, 1.82) is 0 Å². The van der Waals surface area contributed by atoms with Gasteiger partial charge in [0.1, 0.15) is 29.1 Å². The summed E-state index contributed by atoms with van der Waals surface area (Å²) >= 11 is 0. The molecule has 2 aliphatic rings. The lowest BCUT2D eigenvalue weighted by Crippen LogP contribution is -2.29. The van der Waals surface area contributed by atoms with Gasteiger partial charge in [-0.15, -0.1) is 0 Å². The number of pyridine rings is 1. The van der Waals surface area contributed by atoms with Crippen molar-refractivity contribution >= 4 is 17.4 Å². The van der Waals surface area contributed by atoms with Crippen LogP contribution in [0, 0.1) is 0 Å². The van der Waals surface area contributed by atoms with Crippen LogP contribution in [0.3, 0.4) is 0 Å². The van der Waals surface area contributed by atoms with Crippen molar-refractivity contribution in [3.63, 3.8) is 0 Å². The Morgan fingerprint density at radius 2 is 1.97 bits per heavy atom. The van der Waals surface area contributed by atoms with Gasteiger partial charge in [-0.25, -0.2) is 0 Å². The zero-order chi connectivity index (χ0) is 25.4. The monoisotopic (exact) mass is 486 g/mol. The van der Waals surface area contributed by atoms with Gasteiger partial charge in [-0.3, -0.25) is 14.6 Å². The molecule has 5 rings (SSSR count). The Morgan fingerprint density at radius 3 is 2.69 bits per heavy atom. The summed E-state index contributed by atoms with van der Waals surface area (Å²) in [5.41, 5.74) is 2.69. The fourth-order valence-electron chi connectivity index (χ4n) is 4.82. The van der Waals surface area contributed by atoms with Gasteiger partial charge in [0.05, 0.1) is 25.8 Å². The number of hydrogen-bond donors (Lipinski definition) is 1. The van der Waals surface area contributed by atoms with Gasteiger partial charge in [0, 0.05) is 42.6 Å². The fraction of sp³-hybridized carbons (Fsp3) is 0.250. The van der Waals surface area contributed by atoms with Crippen LogP contribution in [0.15, 0.2) is 66.5 Å². The predicted octanol–water partition coefficient (Wildman–Crippen LogP) is 4.04. The maximum Gasteiger partial charge on any atom is 0.295 e. The molecule has 2 aromatic carbocycles. The molecule has 0 unspecified atom stereocenters. The number of hydrogen-bond acceptors (Lipinski definition) is 7. The number of fused-ring (bicyclic) bond motifs is 1. The molecule has 0 aliphatic carbocycles. The van der Waals surface area contributed by atoms with Gasteiger partial charge < -0.3 is 24.2 Å². The maximum atomic E-state index is 13.4. The summed E-state index contributed by atoms with van der Waals surface area (Å²) in [4.78, 5) is 32.3. The highest BCUT2D eigenvalue weighted by atomic mass is 16.5. The molecule has 0 radical (unpaired) electrons. The van der Waals surface area contributed by atoms with Crippen molar-refractivity contribution in [2.75, 3.05) is 14.2 Å². The van der Waals surface area contributed by atoms with Crippen molar-refractivity contribution in [2.24, 2.45) is 0 Å². The number of rotatable bonds is 6. The molecule has 1 amide bonds. The second-order valence-corrected chi connectivity index (χ2v) is 8.85. The SMILES string of the molecule is COc1ccc([C@@H]2C(=C(O)c3ccc4c(c3)C[C@H](C)O4)C(=O)C(=O)N2Cc2cccnc2)c(OC)c1. The molecule has 2 atom stereocenters.